The number of H-pyrrole nitrogens is 1. The van der Waals surface area contributed by atoms with Gasteiger partial charge in [0.2, 0.25) is 6.79 Å². The molecular formula is C35H30F3N3O6. The highest BCUT2D eigenvalue weighted by Gasteiger charge is 2.45. The van der Waals surface area contributed by atoms with Crippen LogP contribution in [-0.2, 0) is 22.1 Å². The average molecular weight is 646 g/mol. The summed E-state index contributed by atoms with van der Waals surface area (Å²) in [5, 5.41) is 0.913. The van der Waals surface area contributed by atoms with Gasteiger partial charge in [-0.2, -0.15) is 13.2 Å². The predicted octanol–water partition coefficient (Wildman–Crippen LogP) is 6.44. The van der Waals surface area contributed by atoms with Gasteiger partial charge >= 0.3 is 12.1 Å². The number of aromatic amines is 1. The second kappa shape index (κ2) is 11.8. The highest BCUT2D eigenvalue weighted by Crippen LogP contribution is 2.45. The molecule has 0 bridgehead atoms. The van der Waals surface area contributed by atoms with Gasteiger partial charge in [-0.25, -0.2) is 4.79 Å². The van der Waals surface area contributed by atoms with Crippen LogP contribution in [0.3, 0.4) is 0 Å². The van der Waals surface area contributed by atoms with E-state index >= 15 is 0 Å². The maximum Gasteiger partial charge on any atom is 0.416 e. The number of esters is 1. The Balaban J connectivity index is 1.35. The van der Waals surface area contributed by atoms with E-state index in [1.807, 2.05) is 49.3 Å². The molecule has 3 aromatic carbocycles. The Morgan fingerprint density at radius 2 is 1.79 bits per heavy atom. The molecule has 2 aliphatic heterocycles. The number of para-hydroxylation sites is 1. The second-order valence-electron chi connectivity index (χ2n) is 11.8. The minimum absolute atomic E-state index is 0.0509. The minimum atomic E-state index is -4.54. The summed E-state index contributed by atoms with van der Waals surface area (Å²) >= 11 is 0. The first-order valence-electron chi connectivity index (χ1n) is 15.0. The summed E-state index contributed by atoms with van der Waals surface area (Å²) in [5.41, 5.74) is 2.74. The molecule has 2 aliphatic rings. The zero-order valence-corrected chi connectivity index (χ0v) is 25.5. The first-order valence-corrected chi connectivity index (χ1v) is 15.0. The molecule has 0 saturated heterocycles. The summed E-state index contributed by atoms with van der Waals surface area (Å²) in [7, 11) is 3.72. The van der Waals surface area contributed by atoms with Gasteiger partial charge in [0.25, 0.3) is 5.91 Å². The average Bonchev–Trinajstić information content (AvgIpc) is 3.81. The lowest BCUT2D eigenvalue weighted by Gasteiger charge is -2.40. The van der Waals surface area contributed by atoms with Crippen molar-refractivity contribution in [3.63, 3.8) is 0 Å². The number of likely N-dealkylation sites (N-methyl/N-ethyl adjacent to an activating group) is 1. The molecule has 2 unspecified atom stereocenters. The number of carbonyl (C=O) groups excluding carboxylic acids is 2. The summed E-state index contributed by atoms with van der Waals surface area (Å²) in [6.07, 6.45) is -3.14. The van der Waals surface area contributed by atoms with Crippen LogP contribution in [0.1, 0.15) is 39.0 Å². The number of furan rings is 1. The topological polar surface area (TPSA) is 97.2 Å². The van der Waals surface area contributed by atoms with Gasteiger partial charge in [-0.1, -0.05) is 36.4 Å². The van der Waals surface area contributed by atoms with Crippen molar-refractivity contribution >= 4 is 22.8 Å². The van der Waals surface area contributed by atoms with Gasteiger partial charge in [0.1, 0.15) is 12.6 Å². The van der Waals surface area contributed by atoms with Crippen molar-refractivity contribution in [3.8, 4) is 22.6 Å². The van der Waals surface area contributed by atoms with Gasteiger partial charge in [-0.05, 0) is 67.2 Å². The van der Waals surface area contributed by atoms with Gasteiger partial charge in [-0.3, -0.25) is 4.79 Å². The molecule has 0 spiro atoms. The van der Waals surface area contributed by atoms with Crippen LogP contribution < -0.4 is 9.47 Å². The van der Waals surface area contributed by atoms with E-state index < -0.39 is 35.7 Å². The standard InChI is InChI=1S/C35H30F3N3O6/c1-40(2)12-13-44-34(43)27-17-25-24-8-3-4-9-26(24)39-31(25)32(21-10-11-28-29(15-21)47-19-46-28)41(27)33(42)30-16-22(18-45-30)20-6-5-7-23(14-20)35(36,37)38/h3-11,14-16,18,27,32,39H,12-13,17,19H2,1-2H3. The predicted molar refractivity (Wildman–Crippen MR) is 165 cm³/mol. The van der Waals surface area contributed by atoms with E-state index in [1.54, 1.807) is 12.1 Å². The molecule has 0 saturated carbocycles. The minimum Gasteiger partial charge on any atom is -0.463 e. The summed E-state index contributed by atoms with van der Waals surface area (Å²) < 4.78 is 63.0. The van der Waals surface area contributed by atoms with E-state index in [0.29, 0.717) is 29.3 Å². The Morgan fingerprint density at radius 3 is 2.60 bits per heavy atom. The SMILES string of the molecule is CN(C)CCOC(=O)C1Cc2c([nH]c3ccccc23)C(c2ccc3c(c2)OCO3)N1C(=O)c1cc(-c2cccc(C(F)(F)F)c2)co1. The van der Waals surface area contributed by atoms with Crippen LogP contribution in [0.2, 0.25) is 0 Å². The number of ether oxygens (including phenoxy) is 3. The molecule has 47 heavy (non-hydrogen) atoms. The van der Waals surface area contributed by atoms with Crippen molar-refractivity contribution in [2.45, 2.75) is 24.7 Å². The highest BCUT2D eigenvalue weighted by atomic mass is 19.4. The molecule has 2 atom stereocenters. The number of carbonyl (C=O) groups is 2. The second-order valence-corrected chi connectivity index (χ2v) is 11.8. The molecule has 12 heteroatoms. The number of aromatic nitrogens is 1. The fourth-order valence-corrected chi connectivity index (χ4v) is 6.18. The lowest BCUT2D eigenvalue weighted by atomic mass is 9.87. The smallest absolute Gasteiger partial charge is 0.416 e. The van der Waals surface area contributed by atoms with Crippen LogP contribution in [0, 0.1) is 0 Å². The number of hydrogen-bond donors (Lipinski definition) is 1. The number of hydrogen-bond acceptors (Lipinski definition) is 7. The van der Waals surface area contributed by atoms with Crippen LogP contribution in [0.15, 0.2) is 83.5 Å². The first-order chi connectivity index (χ1) is 22.6. The molecule has 5 aromatic rings. The highest BCUT2D eigenvalue weighted by molar-refractivity contribution is 5.98. The van der Waals surface area contributed by atoms with E-state index in [-0.39, 0.29) is 36.7 Å². The number of nitrogens with zero attached hydrogens (tertiary/aromatic N) is 2. The largest absolute Gasteiger partial charge is 0.463 e. The van der Waals surface area contributed by atoms with Crippen molar-refractivity contribution in [2.24, 2.45) is 0 Å². The number of benzene rings is 3. The quantitative estimate of drug-likeness (QED) is 0.204. The van der Waals surface area contributed by atoms with Crippen molar-refractivity contribution in [1.82, 2.24) is 14.8 Å². The van der Waals surface area contributed by atoms with Gasteiger partial charge in [0, 0.05) is 35.1 Å². The number of halogens is 3. The number of fused-ring (bicyclic) bond motifs is 4. The number of amides is 1. The Kier molecular flexibility index (Phi) is 7.67. The van der Waals surface area contributed by atoms with E-state index in [2.05, 4.69) is 4.98 Å². The van der Waals surface area contributed by atoms with Crippen LogP contribution >= 0.6 is 0 Å². The third kappa shape index (κ3) is 5.69. The molecule has 0 radical (unpaired) electrons. The van der Waals surface area contributed by atoms with Crippen molar-refractivity contribution < 1.29 is 41.4 Å². The van der Waals surface area contributed by atoms with Crippen LogP contribution in [0.5, 0.6) is 11.5 Å². The lowest BCUT2D eigenvalue weighted by Crippen LogP contribution is -2.52. The van der Waals surface area contributed by atoms with Crippen LogP contribution in [0.25, 0.3) is 22.0 Å². The van der Waals surface area contributed by atoms with Crippen LogP contribution in [-0.4, -0.2) is 66.7 Å². The normalized spacial score (nSPS) is 17.3. The molecule has 4 heterocycles. The Morgan fingerprint density at radius 1 is 0.979 bits per heavy atom. The van der Waals surface area contributed by atoms with E-state index in [4.69, 9.17) is 18.6 Å². The molecule has 242 valence electrons. The summed E-state index contributed by atoms with van der Waals surface area (Å²) in [4.78, 5) is 35.3. The molecule has 0 fully saturated rings. The lowest BCUT2D eigenvalue weighted by molar-refractivity contribution is -0.150. The molecule has 1 N–H and O–H groups in total. The molecule has 2 aromatic heterocycles. The van der Waals surface area contributed by atoms with Crippen molar-refractivity contribution in [2.75, 3.05) is 34.0 Å². The van der Waals surface area contributed by atoms with E-state index in [9.17, 15) is 22.8 Å². The zero-order chi connectivity index (χ0) is 32.9. The zero-order valence-electron chi connectivity index (χ0n) is 25.5. The summed E-state index contributed by atoms with van der Waals surface area (Å²) in [6, 6.07) is 17.3. The monoisotopic (exact) mass is 645 g/mol. The Hall–Kier alpha value is -5.23. The van der Waals surface area contributed by atoms with Gasteiger partial charge in [0.05, 0.1) is 17.9 Å². The van der Waals surface area contributed by atoms with E-state index in [0.717, 1.165) is 28.6 Å². The third-order valence-electron chi connectivity index (χ3n) is 8.47. The van der Waals surface area contributed by atoms with E-state index in [1.165, 1.54) is 29.4 Å². The van der Waals surface area contributed by atoms with Crippen LogP contribution in [0.4, 0.5) is 13.2 Å². The Bertz CT molecular complexity index is 1980. The van der Waals surface area contributed by atoms with Crippen molar-refractivity contribution in [3.05, 3.63) is 107 Å². The van der Waals surface area contributed by atoms with Crippen molar-refractivity contribution in [1.29, 1.82) is 0 Å². The summed E-state index contributed by atoms with van der Waals surface area (Å²) in [6.45, 7) is 0.643. The molecular weight excluding hydrogens is 615 g/mol. The fourth-order valence-electron chi connectivity index (χ4n) is 6.18. The molecule has 1 amide bonds. The molecule has 7 rings (SSSR count). The number of rotatable bonds is 7. The summed E-state index contributed by atoms with van der Waals surface area (Å²) in [5.74, 6) is -0.325. The number of nitrogens with one attached hydrogen (secondary N) is 1. The molecule has 9 nitrogen and oxygen atoms in total. The van der Waals surface area contributed by atoms with Gasteiger partial charge < -0.3 is 33.4 Å². The Labute approximate surface area is 267 Å². The fraction of sp³-hybridized carbons (Fsp3) is 0.257. The maximum atomic E-state index is 14.6. The third-order valence-corrected chi connectivity index (χ3v) is 8.47. The number of alkyl halides is 3. The first kappa shape index (κ1) is 30.4. The van der Waals surface area contributed by atoms with Gasteiger partial charge in [-0.15, -0.1) is 0 Å². The maximum absolute atomic E-state index is 14.6. The van der Waals surface area contributed by atoms with Gasteiger partial charge in [0.15, 0.2) is 17.3 Å². The molecule has 0 aliphatic carbocycles.